The van der Waals surface area contributed by atoms with E-state index in [1.54, 1.807) is 21.6 Å². The van der Waals surface area contributed by atoms with E-state index in [1.807, 2.05) is 0 Å². The molecule has 4 heteroatoms. The van der Waals surface area contributed by atoms with Crippen molar-refractivity contribution < 1.29 is 0 Å². The molecule has 0 nitrogen and oxygen atoms in total. The van der Waals surface area contributed by atoms with Crippen molar-refractivity contribution in [3.63, 3.8) is 0 Å². The van der Waals surface area contributed by atoms with Gasteiger partial charge in [0.2, 0.25) is 0 Å². The second-order valence-corrected chi connectivity index (χ2v) is 5.07. The van der Waals surface area contributed by atoms with E-state index in [1.165, 1.54) is 0 Å². The lowest BCUT2D eigenvalue weighted by Crippen LogP contribution is -1.64. The third-order valence-electron chi connectivity index (χ3n) is 0.248. The molecule has 0 bridgehead atoms. The summed E-state index contributed by atoms with van der Waals surface area (Å²) in [6.07, 6.45) is 0. The summed E-state index contributed by atoms with van der Waals surface area (Å²) in [4.78, 5) is 0. The smallest absolute Gasteiger partial charge is 0.111 e. The van der Waals surface area contributed by atoms with Crippen LogP contribution in [0.15, 0.2) is 0 Å². The maximum absolute atomic E-state index is 4.67. The minimum atomic E-state index is 0.715. The van der Waals surface area contributed by atoms with Gasteiger partial charge in [-0.05, 0) is 10.8 Å². The van der Waals surface area contributed by atoms with Crippen LogP contribution in [0.5, 0.6) is 0 Å². The zero-order chi connectivity index (χ0) is 5.70. The zero-order valence-corrected chi connectivity index (χ0v) is 7.22. The number of hydrogen-bond donors (Lipinski definition) is 1. The van der Waals surface area contributed by atoms with E-state index in [9.17, 15) is 0 Å². The molecular formula is C3H6S4. The van der Waals surface area contributed by atoms with Crippen molar-refractivity contribution in [3.05, 3.63) is 0 Å². The van der Waals surface area contributed by atoms with Gasteiger partial charge in [0, 0.05) is 5.75 Å². The Morgan fingerprint density at radius 3 is 2.57 bits per heavy atom. The Bertz CT molecular complexity index is 60.0. The van der Waals surface area contributed by atoms with Crippen molar-refractivity contribution >= 4 is 50.0 Å². The number of rotatable bonds is 2. The predicted octanol–water partition coefficient (Wildman–Crippen LogP) is 2.60. The SMILES string of the molecule is CCSSC(=S)S. The Hall–Kier alpha value is 1.14. The maximum atomic E-state index is 4.67. The summed E-state index contributed by atoms with van der Waals surface area (Å²) in [5, 5.41) is 0. The van der Waals surface area contributed by atoms with Crippen molar-refractivity contribution in [1.29, 1.82) is 0 Å². The van der Waals surface area contributed by atoms with Crippen LogP contribution in [0.3, 0.4) is 0 Å². The van der Waals surface area contributed by atoms with Gasteiger partial charge in [-0.1, -0.05) is 29.9 Å². The average Bonchev–Trinajstić information content (AvgIpc) is 1.61. The summed E-state index contributed by atoms with van der Waals surface area (Å²) in [7, 11) is 3.26. The highest BCUT2D eigenvalue weighted by Gasteiger charge is 1.85. The number of thiocarbonyl (C=S) groups is 1. The summed E-state index contributed by atoms with van der Waals surface area (Å²) in [5.74, 6) is 1.09. The van der Waals surface area contributed by atoms with Gasteiger partial charge in [-0.3, -0.25) is 0 Å². The van der Waals surface area contributed by atoms with Crippen molar-refractivity contribution in [2.24, 2.45) is 0 Å². The first-order valence-electron chi connectivity index (χ1n) is 1.79. The lowest BCUT2D eigenvalue weighted by molar-refractivity contribution is 1.54. The first kappa shape index (κ1) is 8.14. The van der Waals surface area contributed by atoms with Gasteiger partial charge in [0.15, 0.2) is 0 Å². The van der Waals surface area contributed by atoms with Gasteiger partial charge >= 0.3 is 0 Å². The van der Waals surface area contributed by atoms with Gasteiger partial charge in [-0.15, -0.1) is 12.6 Å². The fourth-order valence-electron chi connectivity index (χ4n) is 0.109. The van der Waals surface area contributed by atoms with Crippen LogP contribution in [0.4, 0.5) is 0 Å². The molecule has 0 aliphatic heterocycles. The molecule has 0 radical (unpaired) electrons. The minimum absolute atomic E-state index is 0.715. The first-order chi connectivity index (χ1) is 3.27. The molecule has 0 spiro atoms. The second kappa shape index (κ2) is 5.28. The van der Waals surface area contributed by atoms with Gasteiger partial charge < -0.3 is 0 Å². The van der Waals surface area contributed by atoms with E-state index in [-0.39, 0.29) is 0 Å². The summed E-state index contributed by atoms with van der Waals surface area (Å²) >= 11 is 8.57. The molecule has 0 heterocycles. The topological polar surface area (TPSA) is 0 Å². The molecule has 0 fully saturated rings. The number of thiol groups is 1. The lowest BCUT2D eigenvalue weighted by atomic mass is 11.0. The Balaban J connectivity index is 2.82. The number of hydrogen-bond acceptors (Lipinski definition) is 3. The van der Waals surface area contributed by atoms with Crippen molar-refractivity contribution in [2.45, 2.75) is 6.92 Å². The van der Waals surface area contributed by atoms with E-state index in [4.69, 9.17) is 0 Å². The molecule has 0 aliphatic rings. The average molecular weight is 170 g/mol. The molecule has 0 aromatic carbocycles. The van der Waals surface area contributed by atoms with Gasteiger partial charge in [0.05, 0.1) is 0 Å². The van der Waals surface area contributed by atoms with Crippen LogP contribution in [0.2, 0.25) is 0 Å². The Labute approximate surface area is 62.6 Å². The predicted molar refractivity (Wildman–Crippen MR) is 47.3 cm³/mol. The van der Waals surface area contributed by atoms with Gasteiger partial charge in [-0.2, -0.15) is 0 Å². The van der Waals surface area contributed by atoms with Gasteiger partial charge in [0.25, 0.3) is 0 Å². The molecule has 0 saturated carbocycles. The van der Waals surface area contributed by atoms with E-state index in [2.05, 4.69) is 31.8 Å². The molecule has 7 heavy (non-hydrogen) atoms. The van der Waals surface area contributed by atoms with E-state index in [0.717, 1.165) is 5.75 Å². The summed E-state index contributed by atoms with van der Waals surface area (Å²) in [6, 6.07) is 0. The molecule has 0 aromatic heterocycles. The highest BCUT2D eigenvalue weighted by Crippen LogP contribution is 2.23. The largest absolute Gasteiger partial charge is 0.124 e. The van der Waals surface area contributed by atoms with Crippen LogP contribution >= 0.6 is 46.4 Å². The molecule has 0 amide bonds. The van der Waals surface area contributed by atoms with Crippen molar-refractivity contribution in [1.82, 2.24) is 0 Å². The Kier molecular flexibility index (Phi) is 6.14. The van der Waals surface area contributed by atoms with Crippen molar-refractivity contribution in [2.75, 3.05) is 5.75 Å². The first-order valence-corrected chi connectivity index (χ1v) is 4.97. The highest BCUT2D eigenvalue weighted by molar-refractivity contribution is 8.87. The van der Waals surface area contributed by atoms with Crippen LogP contribution in [-0.2, 0) is 0 Å². The molecule has 0 aromatic rings. The van der Waals surface area contributed by atoms with Crippen LogP contribution in [0.25, 0.3) is 0 Å². The normalized spacial score (nSPS) is 8.86. The molecule has 0 atom stereocenters. The molecule has 0 unspecified atom stereocenters. The minimum Gasteiger partial charge on any atom is -0.124 e. The van der Waals surface area contributed by atoms with Gasteiger partial charge in [-0.25, -0.2) is 0 Å². The van der Waals surface area contributed by atoms with E-state index in [0.29, 0.717) is 3.53 Å². The molecule has 0 rings (SSSR count). The molecule has 0 N–H and O–H groups in total. The van der Waals surface area contributed by atoms with Crippen LogP contribution < -0.4 is 0 Å². The molecule has 0 saturated heterocycles. The molecule has 42 valence electrons. The summed E-state index contributed by atoms with van der Waals surface area (Å²) < 4.78 is 0.715. The highest BCUT2D eigenvalue weighted by atomic mass is 33.1. The fraction of sp³-hybridized carbons (Fsp3) is 0.667. The third kappa shape index (κ3) is 7.14. The van der Waals surface area contributed by atoms with Crippen LogP contribution in [-0.4, -0.2) is 9.28 Å². The second-order valence-electron chi connectivity index (χ2n) is 0.756. The van der Waals surface area contributed by atoms with Crippen molar-refractivity contribution in [3.8, 4) is 0 Å². The summed E-state index contributed by atoms with van der Waals surface area (Å²) in [6.45, 7) is 2.09. The van der Waals surface area contributed by atoms with Crippen LogP contribution in [0, 0.1) is 0 Å². The lowest BCUT2D eigenvalue weighted by Gasteiger charge is -1.88. The van der Waals surface area contributed by atoms with Gasteiger partial charge in [0.1, 0.15) is 3.53 Å². The van der Waals surface area contributed by atoms with E-state index < -0.39 is 0 Å². The zero-order valence-electron chi connectivity index (χ0n) is 3.88. The molecular weight excluding hydrogens is 164 g/mol. The molecule has 0 aliphatic carbocycles. The Morgan fingerprint density at radius 2 is 2.43 bits per heavy atom. The monoisotopic (exact) mass is 170 g/mol. The van der Waals surface area contributed by atoms with Crippen LogP contribution in [0.1, 0.15) is 6.92 Å². The third-order valence-corrected chi connectivity index (χ3v) is 3.52. The fourth-order valence-corrected chi connectivity index (χ4v) is 1.89. The van der Waals surface area contributed by atoms with E-state index >= 15 is 0 Å². The standard InChI is InChI=1S/C3H6S4/c1-2-6-7-3(4)5/h2H2,1H3,(H,4,5). The summed E-state index contributed by atoms with van der Waals surface area (Å²) in [5.41, 5.74) is 0. The maximum Gasteiger partial charge on any atom is 0.111 e. The Morgan fingerprint density at radius 1 is 1.86 bits per heavy atom. The quantitative estimate of drug-likeness (QED) is 0.384.